The van der Waals surface area contributed by atoms with Gasteiger partial charge in [0.05, 0.1) is 18.2 Å². The molecule has 0 aliphatic rings. The molecule has 0 saturated carbocycles. The molecule has 0 bridgehead atoms. The number of carbonyl (C=O) groups excluding carboxylic acids is 2. The van der Waals surface area contributed by atoms with Gasteiger partial charge in [-0.3, -0.25) is 9.48 Å². The molecule has 6 heteroatoms. The topological polar surface area (TPSA) is 73.2 Å². The molecule has 1 N–H and O–H groups in total. The molecule has 0 fully saturated rings. The third-order valence-electron chi connectivity index (χ3n) is 3.11. The van der Waals surface area contributed by atoms with E-state index in [2.05, 4.69) is 10.4 Å². The second-order valence-corrected chi connectivity index (χ2v) is 4.89. The Bertz CT molecular complexity index is 638. The van der Waals surface area contributed by atoms with Crippen LogP contribution in [0, 0.1) is 0 Å². The second kappa shape index (κ2) is 7.40. The van der Waals surface area contributed by atoms with Gasteiger partial charge in [0.25, 0.3) is 0 Å². The Morgan fingerprint density at radius 3 is 2.86 bits per heavy atom. The van der Waals surface area contributed by atoms with Crippen molar-refractivity contribution in [2.45, 2.75) is 26.3 Å². The molecular weight excluding hydrogens is 282 g/mol. The molecule has 0 radical (unpaired) electrons. The van der Waals surface area contributed by atoms with Gasteiger partial charge in [-0.15, -0.1) is 0 Å². The number of aromatic nitrogens is 2. The summed E-state index contributed by atoms with van der Waals surface area (Å²) in [5.74, 6) is -0.535. The molecule has 1 aromatic carbocycles. The van der Waals surface area contributed by atoms with Crippen LogP contribution in [-0.4, -0.2) is 28.3 Å². The zero-order chi connectivity index (χ0) is 15.9. The average molecular weight is 301 g/mol. The summed E-state index contributed by atoms with van der Waals surface area (Å²) in [7, 11) is 0. The van der Waals surface area contributed by atoms with E-state index in [9.17, 15) is 9.59 Å². The minimum atomic E-state index is -0.400. The SMILES string of the molecule is CCOC(=O)c1cccc(NC(=O)C[C@@H](C)n2cccn2)c1. The highest BCUT2D eigenvalue weighted by Crippen LogP contribution is 2.14. The van der Waals surface area contributed by atoms with Crippen LogP contribution in [0.3, 0.4) is 0 Å². The molecule has 1 heterocycles. The fourth-order valence-electron chi connectivity index (χ4n) is 2.05. The van der Waals surface area contributed by atoms with E-state index in [1.807, 2.05) is 19.2 Å². The normalized spacial score (nSPS) is 11.7. The summed E-state index contributed by atoms with van der Waals surface area (Å²) in [4.78, 5) is 23.7. The Balaban J connectivity index is 1.96. The lowest BCUT2D eigenvalue weighted by Crippen LogP contribution is -2.18. The molecule has 0 saturated heterocycles. The highest BCUT2D eigenvalue weighted by Gasteiger charge is 2.12. The molecule has 0 aliphatic carbocycles. The van der Waals surface area contributed by atoms with Crippen molar-refractivity contribution in [1.29, 1.82) is 0 Å². The predicted molar refractivity (Wildman–Crippen MR) is 82.6 cm³/mol. The highest BCUT2D eigenvalue weighted by atomic mass is 16.5. The zero-order valence-electron chi connectivity index (χ0n) is 12.7. The Morgan fingerprint density at radius 1 is 1.36 bits per heavy atom. The lowest BCUT2D eigenvalue weighted by atomic mass is 10.2. The molecule has 1 aromatic heterocycles. The quantitative estimate of drug-likeness (QED) is 0.832. The number of carbonyl (C=O) groups is 2. The number of ether oxygens (including phenoxy) is 1. The highest BCUT2D eigenvalue weighted by molar-refractivity contribution is 5.94. The summed E-state index contributed by atoms with van der Waals surface area (Å²) in [5, 5.41) is 6.89. The van der Waals surface area contributed by atoms with Crippen molar-refractivity contribution in [2.75, 3.05) is 11.9 Å². The van der Waals surface area contributed by atoms with E-state index in [1.165, 1.54) is 0 Å². The number of amides is 1. The maximum Gasteiger partial charge on any atom is 0.338 e. The van der Waals surface area contributed by atoms with Crippen LogP contribution in [0.1, 0.15) is 36.7 Å². The molecule has 2 rings (SSSR count). The summed E-state index contributed by atoms with van der Waals surface area (Å²) < 4.78 is 6.67. The Morgan fingerprint density at radius 2 is 2.18 bits per heavy atom. The number of esters is 1. The van der Waals surface area contributed by atoms with E-state index < -0.39 is 5.97 Å². The third-order valence-corrected chi connectivity index (χ3v) is 3.11. The number of hydrogen-bond acceptors (Lipinski definition) is 4. The molecule has 6 nitrogen and oxygen atoms in total. The van der Waals surface area contributed by atoms with Gasteiger partial charge >= 0.3 is 5.97 Å². The van der Waals surface area contributed by atoms with E-state index in [-0.39, 0.29) is 11.9 Å². The van der Waals surface area contributed by atoms with Gasteiger partial charge in [0.2, 0.25) is 5.91 Å². The Kier molecular flexibility index (Phi) is 5.30. The number of nitrogens with one attached hydrogen (secondary N) is 1. The summed E-state index contributed by atoms with van der Waals surface area (Å²) in [5.41, 5.74) is 0.989. The summed E-state index contributed by atoms with van der Waals surface area (Å²) in [6, 6.07) is 8.48. The predicted octanol–water partition coefficient (Wildman–Crippen LogP) is 2.65. The lowest BCUT2D eigenvalue weighted by molar-refractivity contribution is -0.116. The lowest BCUT2D eigenvalue weighted by Gasteiger charge is -2.12. The van der Waals surface area contributed by atoms with Gasteiger partial charge < -0.3 is 10.1 Å². The molecule has 0 unspecified atom stereocenters. The minimum Gasteiger partial charge on any atom is -0.462 e. The third kappa shape index (κ3) is 4.18. The van der Waals surface area contributed by atoms with Crippen LogP contribution in [0.5, 0.6) is 0 Å². The summed E-state index contributed by atoms with van der Waals surface area (Å²) in [6.45, 7) is 3.98. The van der Waals surface area contributed by atoms with Crippen molar-refractivity contribution in [3.8, 4) is 0 Å². The molecular formula is C16H19N3O3. The van der Waals surface area contributed by atoms with Crippen LogP contribution >= 0.6 is 0 Å². The van der Waals surface area contributed by atoms with E-state index in [0.29, 0.717) is 24.3 Å². The van der Waals surface area contributed by atoms with Crippen molar-refractivity contribution in [3.05, 3.63) is 48.3 Å². The first-order valence-corrected chi connectivity index (χ1v) is 7.16. The standard InChI is InChI=1S/C16H19N3O3/c1-3-22-16(21)13-6-4-7-14(11-13)18-15(20)10-12(2)19-9-5-8-17-19/h4-9,11-12H,3,10H2,1-2H3,(H,18,20)/t12-/m1/s1. The van der Waals surface area contributed by atoms with Gasteiger partial charge in [0.15, 0.2) is 0 Å². The molecule has 116 valence electrons. The van der Waals surface area contributed by atoms with E-state index in [1.54, 1.807) is 42.1 Å². The smallest absolute Gasteiger partial charge is 0.338 e. The fourth-order valence-corrected chi connectivity index (χ4v) is 2.05. The van der Waals surface area contributed by atoms with Crippen LogP contribution in [-0.2, 0) is 9.53 Å². The zero-order valence-corrected chi connectivity index (χ0v) is 12.7. The minimum absolute atomic E-state index is 0.0387. The van der Waals surface area contributed by atoms with Crippen molar-refractivity contribution in [1.82, 2.24) is 9.78 Å². The van der Waals surface area contributed by atoms with Gasteiger partial charge in [0, 0.05) is 24.5 Å². The van der Waals surface area contributed by atoms with Crippen molar-refractivity contribution >= 4 is 17.6 Å². The van der Waals surface area contributed by atoms with Crippen molar-refractivity contribution in [3.63, 3.8) is 0 Å². The van der Waals surface area contributed by atoms with Crippen LogP contribution < -0.4 is 5.32 Å². The van der Waals surface area contributed by atoms with Gasteiger partial charge in [-0.25, -0.2) is 4.79 Å². The largest absolute Gasteiger partial charge is 0.462 e. The Hall–Kier alpha value is -2.63. The molecule has 1 amide bonds. The van der Waals surface area contributed by atoms with E-state index in [4.69, 9.17) is 4.74 Å². The Labute approximate surface area is 129 Å². The number of anilines is 1. The number of hydrogen-bond donors (Lipinski definition) is 1. The van der Waals surface area contributed by atoms with Crippen LogP contribution in [0.15, 0.2) is 42.7 Å². The van der Waals surface area contributed by atoms with Crippen LogP contribution in [0.4, 0.5) is 5.69 Å². The van der Waals surface area contributed by atoms with Gasteiger partial charge in [-0.2, -0.15) is 5.10 Å². The number of rotatable bonds is 6. The van der Waals surface area contributed by atoms with Crippen LogP contribution in [0.25, 0.3) is 0 Å². The first-order valence-electron chi connectivity index (χ1n) is 7.16. The monoisotopic (exact) mass is 301 g/mol. The summed E-state index contributed by atoms with van der Waals surface area (Å²) in [6.07, 6.45) is 3.79. The molecule has 22 heavy (non-hydrogen) atoms. The maximum absolute atomic E-state index is 12.1. The molecule has 2 aromatic rings. The second-order valence-electron chi connectivity index (χ2n) is 4.89. The molecule has 0 aliphatic heterocycles. The molecule has 1 atom stereocenters. The van der Waals surface area contributed by atoms with Crippen molar-refractivity contribution < 1.29 is 14.3 Å². The van der Waals surface area contributed by atoms with Crippen molar-refractivity contribution in [2.24, 2.45) is 0 Å². The fraction of sp³-hybridized carbons (Fsp3) is 0.312. The number of nitrogens with zero attached hydrogens (tertiary/aromatic N) is 2. The molecule has 0 spiro atoms. The first-order chi connectivity index (χ1) is 10.6. The van der Waals surface area contributed by atoms with Gasteiger partial charge in [-0.05, 0) is 38.1 Å². The van der Waals surface area contributed by atoms with Gasteiger partial charge in [-0.1, -0.05) is 6.07 Å². The maximum atomic E-state index is 12.1. The average Bonchev–Trinajstić information content (AvgIpc) is 3.02. The first kappa shape index (κ1) is 15.8. The number of benzene rings is 1. The van der Waals surface area contributed by atoms with E-state index in [0.717, 1.165) is 0 Å². The van der Waals surface area contributed by atoms with Crippen LogP contribution in [0.2, 0.25) is 0 Å². The van der Waals surface area contributed by atoms with Gasteiger partial charge in [0.1, 0.15) is 0 Å². The van der Waals surface area contributed by atoms with E-state index >= 15 is 0 Å². The summed E-state index contributed by atoms with van der Waals surface area (Å²) >= 11 is 0.